The number of fused-ring (bicyclic) bond motifs is 2. The summed E-state index contributed by atoms with van der Waals surface area (Å²) in [5.74, 6) is 1.00. The van der Waals surface area contributed by atoms with Gasteiger partial charge in [-0.2, -0.15) is 0 Å². The molecule has 2 saturated heterocycles. The number of pyridine rings is 2. The third-order valence-electron chi connectivity index (χ3n) is 5.51. The highest BCUT2D eigenvalue weighted by atomic mass is 16.5. The number of nitrogens with zero attached hydrogens (tertiary/aromatic N) is 1. The third kappa shape index (κ3) is 2.84. The highest BCUT2D eigenvalue weighted by molar-refractivity contribution is 6.01. The fraction of sp³-hybridized carbons (Fsp3) is 0.350. The smallest absolute Gasteiger partial charge is 0.255 e. The zero-order valence-electron chi connectivity index (χ0n) is 14.7. The summed E-state index contributed by atoms with van der Waals surface area (Å²) < 4.78 is 5.95. The Kier molecular flexibility index (Phi) is 3.82. The van der Waals surface area contributed by atoms with E-state index in [1.807, 2.05) is 24.4 Å². The number of hydrogen-bond donors (Lipinski definition) is 3. The first-order chi connectivity index (χ1) is 13.2. The van der Waals surface area contributed by atoms with E-state index >= 15 is 0 Å². The Morgan fingerprint density at radius 3 is 2.78 bits per heavy atom. The van der Waals surface area contributed by atoms with E-state index in [2.05, 4.69) is 20.6 Å². The van der Waals surface area contributed by atoms with Crippen molar-refractivity contribution in [2.75, 3.05) is 19.7 Å². The van der Waals surface area contributed by atoms with E-state index < -0.39 is 0 Å². The minimum Gasteiger partial charge on any atom is -0.475 e. The lowest BCUT2D eigenvalue weighted by atomic mass is 9.90. The first-order valence-corrected chi connectivity index (χ1v) is 9.26. The number of carbonyl (C=O) groups is 1. The number of H-pyrrole nitrogens is 1. The molecule has 2 aliphatic heterocycles. The molecule has 7 nitrogen and oxygen atoms in total. The number of ether oxygens (including phenoxy) is 1. The van der Waals surface area contributed by atoms with Gasteiger partial charge in [0.1, 0.15) is 6.61 Å². The number of rotatable bonds is 4. The van der Waals surface area contributed by atoms with Crippen LogP contribution in [0.5, 0.6) is 5.88 Å². The number of aromatic nitrogens is 2. The Morgan fingerprint density at radius 1 is 1.15 bits per heavy atom. The Hall–Kier alpha value is -2.93. The van der Waals surface area contributed by atoms with E-state index in [-0.39, 0.29) is 17.5 Å². The van der Waals surface area contributed by atoms with E-state index in [4.69, 9.17) is 4.74 Å². The standard InChI is InChI=1S/C20H20N4O3/c25-18-2-1-13(24-18)10-27-20-14-6-15-16(5-11(14)3-4-22-20)19(26)23-9-17(15)12-7-21-8-12/h3-6,9,12-13,21H,1-2,7-8,10H2,(H,23,26)(H,24,25)/t13-/m0/s1. The summed E-state index contributed by atoms with van der Waals surface area (Å²) in [5.41, 5.74) is 1.05. The zero-order chi connectivity index (χ0) is 18.4. The van der Waals surface area contributed by atoms with Gasteiger partial charge in [-0.25, -0.2) is 4.98 Å². The normalized spacial score (nSPS) is 20.0. The molecule has 1 aromatic carbocycles. The molecule has 2 aromatic heterocycles. The summed E-state index contributed by atoms with van der Waals surface area (Å²) >= 11 is 0. The Bertz CT molecular complexity index is 1100. The van der Waals surface area contributed by atoms with Crippen molar-refractivity contribution >= 4 is 27.5 Å². The first-order valence-electron chi connectivity index (χ1n) is 9.26. The summed E-state index contributed by atoms with van der Waals surface area (Å²) in [5, 5.41) is 9.62. The lowest BCUT2D eigenvalue weighted by molar-refractivity contribution is -0.119. The maximum atomic E-state index is 12.4. The average molecular weight is 364 g/mol. The van der Waals surface area contributed by atoms with Crippen LogP contribution >= 0.6 is 0 Å². The number of carbonyl (C=O) groups excluding carboxylic acids is 1. The molecule has 2 aliphatic rings. The molecule has 0 spiro atoms. The monoisotopic (exact) mass is 364 g/mol. The van der Waals surface area contributed by atoms with Gasteiger partial charge in [0.2, 0.25) is 11.8 Å². The molecule has 138 valence electrons. The molecule has 0 radical (unpaired) electrons. The lowest BCUT2D eigenvalue weighted by Gasteiger charge is -2.28. The Balaban J connectivity index is 1.58. The highest BCUT2D eigenvalue weighted by Crippen LogP contribution is 2.32. The number of amides is 1. The van der Waals surface area contributed by atoms with Crippen molar-refractivity contribution < 1.29 is 9.53 Å². The molecule has 5 rings (SSSR count). The van der Waals surface area contributed by atoms with Gasteiger partial charge in [-0.3, -0.25) is 9.59 Å². The summed E-state index contributed by atoms with van der Waals surface area (Å²) in [7, 11) is 0. The largest absolute Gasteiger partial charge is 0.475 e. The van der Waals surface area contributed by atoms with Crippen molar-refractivity contribution in [1.29, 1.82) is 0 Å². The third-order valence-corrected chi connectivity index (χ3v) is 5.51. The minimum atomic E-state index is -0.0871. The first kappa shape index (κ1) is 16.3. The van der Waals surface area contributed by atoms with E-state index in [1.165, 1.54) is 0 Å². The second kappa shape index (κ2) is 6.35. The van der Waals surface area contributed by atoms with Crippen molar-refractivity contribution in [1.82, 2.24) is 20.6 Å². The molecule has 2 fully saturated rings. The molecule has 3 aromatic rings. The van der Waals surface area contributed by atoms with Crippen LogP contribution in [0.1, 0.15) is 24.3 Å². The maximum absolute atomic E-state index is 12.4. The number of nitrogens with one attached hydrogen (secondary N) is 3. The van der Waals surface area contributed by atoms with Gasteiger partial charge in [0.05, 0.1) is 6.04 Å². The van der Waals surface area contributed by atoms with Crippen LogP contribution in [-0.2, 0) is 4.79 Å². The topological polar surface area (TPSA) is 96.1 Å². The molecule has 4 heterocycles. The van der Waals surface area contributed by atoms with Crippen molar-refractivity contribution in [3.8, 4) is 5.88 Å². The van der Waals surface area contributed by atoms with Gasteiger partial charge in [0.25, 0.3) is 5.56 Å². The summed E-state index contributed by atoms with van der Waals surface area (Å²) in [6.07, 6.45) is 4.83. The van der Waals surface area contributed by atoms with E-state index in [0.29, 0.717) is 30.2 Å². The van der Waals surface area contributed by atoms with Gasteiger partial charge in [-0.1, -0.05) is 0 Å². The minimum absolute atomic E-state index is 0.0227. The Labute approximate surface area is 155 Å². The second-order valence-corrected chi connectivity index (χ2v) is 7.28. The van der Waals surface area contributed by atoms with Gasteiger partial charge < -0.3 is 20.4 Å². The van der Waals surface area contributed by atoms with Gasteiger partial charge >= 0.3 is 0 Å². The fourth-order valence-electron chi connectivity index (χ4n) is 3.86. The quantitative estimate of drug-likeness (QED) is 0.609. The van der Waals surface area contributed by atoms with Gasteiger partial charge in [-0.05, 0) is 41.0 Å². The summed E-state index contributed by atoms with van der Waals surface area (Å²) in [6, 6.07) is 5.83. The van der Waals surface area contributed by atoms with Crippen LogP contribution in [0.4, 0.5) is 0 Å². The average Bonchev–Trinajstić information content (AvgIpc) is 3.05. The molecule has 0 unspecified atom stereocenters. The van der Waals surface area contributed by atoms with Crippen LogP contribution < -0.4 is 20.9 Å². The molecular formula is C20H20N4O3. The van der Waals surface area contributed by atoms with Crippen LogP contribution in [0, 0.1) is 0 Å². The Morgan fingerprint density at radius 2 is 2.04 bits per heavy atom. The SMILES string of the molecule is O=C1CC[C@@H](COc2nccc3cc4c(=O)[nH]cc(C5CNC5)c4cc23)N1. The van der Waals surface area contributed by atoms with Crippen molar-refractivity contribution in [3.63, 3.8) is 0 Å². The number of aromatic amines is 1. The molecule has 1 amide bonds. The molecule has 0 saturated carbocycles. The molecular weight excluding hydrogens is 344 g/mol. The molecule has 0 bridgehead atoms. The van der Waals surface area contributed by atoms with E-state index in [1.54, 1.807) is 6.20 Å². The van der Waals surface area contributed by atoms with Gasteiger partial charge in [0.15, 0.2) is 0 Å². The second-order valence-electron chi connectivity index (χ2n) is 7.28. The van der Waals surface area contributed by atoms with Gasteiger partial charge in [-0.15, -0.1) is 0 Å². The van der Waals surface area contributed by atoms with Crippen LogP contribution in [0.3, 0.4) is 0 Å². The fourth-order valence-corrected chi connectivity index (χ4v) is 3.86. The number of benzene rings is 1. The van der Waals surface area contributed by atoms with Crippen molar-refractivity contribution in [3.05, 3.63) is 46.5 Å². The molecule has 1 atom stereocenters. The number of hydrogen-bond acceptors (Lipinski definition) is 5. The summed E-state index contributed by atoms with van der Waals surface area (Å²) in [6.45, 7) is 2.22. The molecule has 0 aliphatic carbocycles. The molecule has 3 N–H and O–H groups in total. The van der Waals surface area contributed by atoms with Crippen molar-refractivity contribution in [2.24, 2.45) is 0 Å². The molecule has 7 heteroatoms. The van der Waals surface area contributed by atoms with Crippen LogP contribution in [0.15, 0.2) is 35.4 Å². The van der Waals surface area contributed by atoms with E-state index in [0.717, 1.165) is 41.2 Å². The zero-order valence-corrected chi connectivity index (χ0v) is 14.7. The summed E-state index contributed by atoms with van der Waals surface area (Å²) in [4.78, 5) is 31.0. The highest BCUT2D eigenvalue weighted by Gasteiger charge is 2.23. The lowest BCUT2D eigenvalue weighted by Crippen LogP contribution is -2.40. The van der Waals surface area contributed by atoms with Crippen molar-refractivity contribution in [2.45, 2.75) is 24.8 Å². The predicted octanol–water partition coefficient (Wildman–Crippen LogP) is 1.42. The van der Waals surface area contributed by atoms with Crippen LogP contribution in [-0.4, -0.2) is 41.6 Å². The van der Waals surface area contributed by atoms with Crippen LogP contribution in [0.25, 0.3) is 21.5 Å². The van der Waals surface area contributed by atoms with Crippen LogP contribution in [0.2, 0.25) is 0 Å². The van der Waals surface area contributed by atoms with E-state index in [9.17, 15) is 9.59 Å². The predicted molar refractivity (Wildman–Crippen MR) is 102 cm³/mol. The molecule has 27 heavy (non-hydrogen) atoms. The maximum Gasteiger partial charge on any atom is 0.255 e. The van der Waals surface area contributed by atoms with Gasteiger partial charge in [0, 0.05) is 48.6 Å².